The van der Waals surface area contributed by atoms with E-state index in [2.05, 4.69) is 34.7 Å². The molecule has 1 aromatic heterocycles. The predicted octanol–water partition coefficient (Wildman–Crippen LogP) is 4.87. The van der Waals surface area contributed by atoms with E-state index in [0.29, 0.717) is 5.13 Å². The van der Waals surface area contributed by atoms with Crippen molar-refractivity contribution in [1.29, 1.82) is 0 Å². The predicted molar refractivity (Wildman–Crippen MR) is 92.9 cm³/mol. The lowest BCUT2D eigenvalue weighted by molar-refractivity contribution is 0.262. The molecule has 4 nitrogen and oxygen atoms in total. The number of carbonyl (C=O) groups excluding carboxylic acids is 1. The van der Waals surface area contributed by atoms with Gasteiger partial charge in [0.05, 0.1) is 10.2 Å². The monoisotopic (exact) mass is 311 g/mol. The summed E-state index contributed by atoms with van der Waals surface area (Å²) < 4.78 is 1.09. The van der Waals surface area contributed by atoms with Crippen molar-refractivity contribution < 1.29 is 4.79 Å². The molecule has 0 spiro atoms. The van der Waals surface area contributed by atoms with Crippen molar-refractivity contribution in [2.45, 2.75) is 20.8 Å². The molecule has 2 aromatic carbocycles. The highest BCUT2D eigenvalue weighted by molar-refractivity contribution is 7.22. The number of hydrogen-bond donors (Lipinski definition) is 2. The second-order valence-electron chi connectivity index (χ2n) is 5.40. The molecule has 3 aromatic rings. The van der Waals surface area contributed by atoms with Crippen LogP contribution in [0.3, 0.4) is 0 Å². The van der Waals surface area contributed by atoms with Crippen LogP contribution in [0.4, 0.5) is 15.6 Å². The largest absolute Gasteiger partial charge is 0.325 e. The molecule has 0 bridgehead atoms. The van der Waals surface area contributed by atoms with Crippen LogP contribution < -0.4 is 10.6 Å². The lowest BCUT2D eigenvalue weighted by Crippen LogP contribution is -2.19. The Balaban J connectivity index is 1.78. The molecule has 22 heavy (non-hydrogen) atoms. The maximum absolute atomic E-state index is 12.1. The van der Waals surface area contributed by atoms with Crippen molar-refractivity contribution in [3.63, 3.8) is 0 Å². The Morgan fingerprint density at radius 1 is 1.05 bits per heavy atom. The SMILES string of the molecule is Cc1cccc(NC(=O)Nc2nc3c(C)cc(C)cc3s2)c1. The Hall–Kier alpha value is -2.40. The lowest BCUT2D eigenvalue weighted by Gasteiger charge is -2.05. The van der Waals surface area contributed by atoms with Crippen molar-refractivity contribution in [1.82, 2.24) is 4.98 Å². The van der Waals surface area contributed by atoms with Gasteiger partial charge in [-0.3, -0.25) is 5.32 Å². The molecule has 0 saturated heterocycles. The summed E-state index contributed by atoms with van der Waals surface area (Å²) in [6, 6.07) is 11.6. The van der Waals surface area contributed by atoms with Crippen LogP contribution >= 0.6 is 11.3 Å². The number of thiazole rings is 1. The number of amides is 2. The fourth-order valence-corrected chi connectivity index (χ4v) is 3.44. The molecule has 112 valence electrons. The fraction of sp³-hybridized carbons (Fsp3) is 0.176. The third-order valence-corrected chi connectivity index (χ3v) is 4.24. The number of carbonyl (C=O) groups is 1. The molecule has 0 unspecified atom stereocenters. The molecule has 0 saturated carbocycles. The van der Waals surface area contributed by atoms with Crippen LogP contribution in [0.1, 0.15) is 16.7 Å². The summed E-state index contributed by atoms with van der Waals surface area (Å²) in [6.45, 7) is 6.08. The normalized spacial score (nSPS) is 10.7. The first-order chi connectivity index (χ1) is 10.5. The third-order valence-electron chi connectivity index (χ3n) is 3.33. The Morgan fingerprint density at radius 3 is 2.64 bits per heavy atom. The third kappa shape index (κ3) is 3.09. The average molecular weight is 311 g/mol. The van der Waals surface area contributed by atoms with Crippen LogP contribution in [0.25, 0.3) is 10.2 Å². The van der Waals surface area contributed by atoms with E-state index in [9.17, 15) is 4.79 Å². The minimum atomic E-state index is -0.279. The minimum Gasteiger partial charge on any atom is -0.308 e. The summed E-state index contributed by atoms with van der Waals surface area (Å²) >= 11 is 1.48. The molecule has 0 aliphatic rings. The van der Waals surface area contributed by atoms with Gasteiger partial charge in [-0.1, -0.05) is 29.5 Å². The molecule has 0 fully saturated rings. The summed E-state index contributed by atoms with van der Waals surface area (Å²) in [5.74, 6) is 0. The van der Waals surface area contributed by atoms with Gasteiger partial charge in [-0.05, 0) is 55.7 Å². The van der Waals surface area contributed by atoms with Gasteiger partial charge in [-0.25, -0.2) is 9.78 Å². The van der Waals surface area contributed by atoms with E-state index in [4.69, 9.17) is 0 Å². The number of aryl methyl sites for hydroxylation is 3. The van der Waals surface area contributed by atoms with E-state index in [1.54, 1.807) is 0 Å². The summed E-state index contributed by atoms with van der Waals surface area (Å²) in [4.78, 5) is 16.6. The number of rotatable bonds is 2. The van der Waals surface area contributed by atoms with Gasteiger partial charge in [-0.2, -0.15) is 0 Å². The average Bonchev–Trinajstić information content (AvgIpc) is 2.81. The van der Waals surface area contributed by atoms with Crippen molar-refractivity contribution in [3.8, 4) is 0 Å². The van der Waals surface area contributed by atoms with E-state index in [0.717, 1.165) is 27.0 Å². The van der Waals surface area contributed by atoms with Crippen LogP contribution in [0, 0.1) is 20.8 Å². The quantitative estimate of drug-likeness (QED) is 0.709. The van der Waals surface area contributed by atoms with Crippen molar-refractivity contribution >= 4 is 38.4 Å². The summed E-state index contributed by atoms with van der Waals surface area (Å²) in [7, 11) is 0. The highest BCUT2D eigenvalue weighted by Crippen LogP contribution is 2.29. The Labute approximate surface area is 133 Å². The van der Waals surface area contributed by atoms with E-state index < -0.39 is 0 Å². The molecule has 1 heterocycles. The molecule has 2 amide bonds. The first kappa shape index (κ1) is 14.5. The number of nitrogens with zero attached hydrogens (tertiary/aromatic N) is 1. The van der Waals surface area contributed by atoms with Crippen LogP contribution in [0.2, 0.25) is 0 Å². The van der Waals surface area contributed by atoms with Crippen LogP contribution in [-0.4, -0.2) is 11.0 Å². The number of fused-ring (bicyclic) bond motifs is 1. The van der Waals surface area contributed by atoms with Gasteiger partial charge in [0, 0.05) is 5.69 Å². The second kappa shape index (κ2) is 5.77. The molecule has 0 aliphatic heterocycles. The topological polar surface area (TPSA) is 54.0 Å². The van der Waals surface area contributed by atoms with Gasteiger partial charge in [0.15, 0.2) is 5.13 Å². The van der Waals surface area contributed by atoms with E-state index in [1.165, 1.54) is 16.9 Å². The minimum absolute atomic E-state index is 0.279. The Morgan fingerprint density at radius 2 is 1.86 bits per heavy atom. The van der Waals surface area contributed by atoms with E-state index in [-0.39, 0.29) is 6.03 Å². The maximum atomic E-state index is 12.1. The van der Waals surface area contributed by atoms with E-state index in [1.807, 2.05) is 38.1 Å². The second-order valence-corrected chi connectivity index (χ2v) is 6.43. The molecule has 0 atom stereocenters. The van der Waals surface area contributed by atoms with Gasteiger partial charge in [0.2, 0.25) is 0 Å². The summed E-state index contributed by atoms with van der Waals surface area (Å²) in [5, 5.41) is 6.23. The first-order valence-electron chi connectivity index (χ1n) is 7.04. The van der Waals surface area contributed by atoms with Gasteiger partial charge < -0.3 is 5.32 Å². The summed E-state index contributed by atoms with van der Waals surface area (Å²) in [5.41, 5.74) is 5.14. The molecule has 5 heteroatoms. The van der Waals surface area contributed by atoms with Crippen LogP contribution in [0.15, 0.2) is 36.4 Å². The van der Waals surface area contributed by atoms with Crippen LogP contribution in [-0.2, 0) is 0 Å². The van der Waals surface area contributed by atoms with Crippen molar-refractivity contribution in [2.24, 2.45) is 0 Å². The first-order valence-corrected chi connectivity index (χ1v) is 7.85. The Kier molecular flexibility index (Phi) is 3.81. The highest BCUT2D eigenvalue weighted by atomic mass is 32.1. The van der Waals surface area contributed by atoms with Gasteiger partial charge >= 0.3 is 6.03 Å². The standard InChI is InChI=1S/C17H17N3OS/c1-10-5-4-6-13(8-10)18-16(21)20-17-19-15-12(3)7-11(2)9-14(15)22-17/h4-9H,1-3H3,(H2,18,19,20,21). The molecular formula is C17H17N3OS. The molecule has 0 aliphatic carbocycles. The zero-order valence-corrected chi connectivity index (χ0v) is 13.5. The Bertz CT molecular complexity index is 854. The van der Waals surface area contributed by atoms with Crippen molar-refractivity contribution in [2.75, 3.05) is 10.6 Å². The van der Waals surface area contributed by atoms with Gasteiger partial charge in [0.25, 0.3) is 0 Å². The fourth-order valence-electron chi connectivity index (χ4n) is 2.41. The zero-order chi connectivity index (χ0) is 15.7. The zero-order valence-electron chi connectivity index (χ0n) is 12.7. The van der Waals surface area contributed by atoms with Gasteiger partial charge in [-0.15, -0.1) is 0 Å². The number of aromatic nitrogens is 1. The number of urea groups is 1. The highest BCUT2D eigenvalue weighted by Gasteiger charge is 2.10. The van der Waals surface area contributed by atoms with Crippen LogP contribution in [0.5, 0.6) is 0 Å². The number of hydrogen-bond acceptors (Lipinski definition) is 3. The van der Waals surface area contributed by atoms with Gasteiger partial charge in [0.1, 0.15) is 0 Å². The maximum Gasteiger partial charge on any atom is 0.325 e. The van der Waals surface area contributed by atoms with Crippen molar-refractivity contribution in [3.05, 3.63) is 53.1 Å². The molecule has 3 rings (SSSR count). The summed E-state index contributed by atoms with van der Waals surface area (Å²) in [6.07, 6.45) is 0. The number of benzene rings is 2. The van der Waals surface area contributed by atoms with E-state index >= 15 is 0 Å². The molecule has 0 radical (unpaired) electrons. The molecule has 2 N–H and O–H groups in total. The molecular weight excluding hydrogens is 294 g/mol. The number of anilines is 2. The smallest absolute Gasteiger partial charge is 0.308 e. The lowest BCUT2D eigenvalue weighted by atomic mass is 10.1. The number of nitrogens with one attached hydrogen (secondary N) is 2.